The molecule has 4 heteroatoms. The molecule has 3 nitrogen and oxygen atoms in total. The van der Waals surface area contributed by atoms with Gasteiger partial charge < -0.3 is 9.30 Å². The minimum Gasteiger partial charge on any atom is -0.497 e. The highest BCUT2D eigenvalue weighted by Gasteiger charge is 2.09. The Bertz CT molecular complexity index is 593. The van der Waals surface area contributed by atoms with Crippen LogP contribution in [0.2, 0.25) is 0 Å². The molecule has 96 valence electrons. The number of hydrogen-bond donors (Lipinski definition) is 0. The minimum atomic E-state index is 0.371. The Hall–Kier alpha value is -1.55. The highest BCUT2D eigenvalue weighted by Crippen LogP contribution is 2.19. The second-order valence-electron chi connectivity index (χ2n) is 4.59. The van der Waals surface area contributed by atoms with Gasteiger partial charge in [0, 0.05) is 23.6 Å². The average Bonchev–Trinajstić information content (AvgIpc) is 2.65. The maximum atomic E-state index is 5.53. The van der Waals surface area contributed by atoms with Crippen molar-refractivity contribution < 1.29 is 4.74 Å². The van der Waals surface area contributed by atoms with Crippen LogP contribution in [0.15, 0.2) is 30.5 Å². The molecule has 2 rings (SSSR count). The Balaban J connectivity index is 2.53. The predicted octanol–water partition coefficient (Wildman–Crippen LogP) is 3.91. The third-order valence-corrected chi connectivity index (χ3v) is 3.37. The van der Waals surface area contributed by atoms with Gasteiger partial charge in [0.2, 0.25) is 0 Å². The Labute approximate surface area is 113 Å². The molecule has 2 aromatic rings. The standard InChI is InChI=1S/C14H18N2OS/c1-10(2)15-9-11(3)16(14(15)18)12-5-7-13(17-4)8-6-12/h5-10H,1-4H3. The van der Waals surface area contributed by atoms with E-state index in [-0.39, 0.29) is 0 Å². The zero-order chi connectivity index (χ0) is 13.3. The zero-order valence-electron chi connectivity index (χ0n) is 11.2. The van der Waals surface area contributed by atoms with Gasteiger partial charge >= 0.3 is 0 Å². The van der Waals surface area contributed by atoms with E-state index in [9.17, 15) is 0 Å². The van der Waals surface area contributed by atoms with Gasteiger partial charge in [0.15, 0.2) is 4.77 Å². The first-order valence-electron chi connectivity index (χ1n) is 5.99. The molecule has 0 bridgehead atoms. The molecule has 0 saturated carbocycles. The second kappa shape index (κ2) is 4.98. The molecule has 1 heterocycles. The largest absolute Gasteiger partial charge is 0.497 e. The summed E-state index contributed by atoms with van der Waals surface area (Å²) >= 11 is 5.53. The van der Waals surface area contributed by atoms with E-state index in [1.807, 2.05) is 24.3 Å². The van der Waals surface area contributed by atoms with E-state index in [1.54, 1.807) is 7.11 Å². The number of benzene rings is 1. The Morgan fingerprint density at radius 3 is 2.22 bits per heavy atom. The Kier molecular flexibility index (Phi) is 3.57. The van der Waals surface area contributed by atoms with Crippen LogP contribution in [0.4, 0.5) is 0 Å². The van der Waals surface area contributed by atoms with Crippen LogP contribution in [0, 0.1) is 11.7 Å². The van der Waals surface area contributed by atoms with Gasteiger partial charge in [-0.05, 0) is 57.3 Å². The maximum absolute atomic E-state index is 5.53. The summed E-state index contributed by atoms with van der Waals surface area (Å²) in [6, 6.07) is 8.31. The number of aryl methyl sites for hydroxylation is 1. The molecule has 0 spiro atoms. The van der Waals surface area contributed by atoms with Gasteiger partial charge in [-0.25, -0.2) is 0 Å². The lowest BCUT2D eigenvalue weighted by Gasteiger charge is -2.08. The van der Waals surface area contributed by atoms with Crippen molar-refractivity contribution in [2.75, 3.05) is 7.11 Å². The van der Waals surface area contributed by atoms with E-state index >= 15 is 0 Å². The fourth-order valence-electron chi connectivity index (χ4n) is 2.00. The van der Waals surface area contributed by atoms with Crippen molar-refractivity contribution in [3.8, 4) is 11.4 Å². The monoisotopic (exact) mass is 262 g/mol. The number of methoxy groups -OCH3 is 1. The van der Waals surface area contributed by atoms with Crippen LogP contribution in [-0.2, 0) is 0 Å². The molecule has 0 N–H and O–H groups in total. The van der Waals surface area contributed by atoms with Crippen molar-refractivity contribution >= 4 is 12.2 Å². The molecule has 0 unspecified atom stereocenters. The summed E-state index contributed by atoms with van der Waals surface area (Å²) in [7, 11) is 1.67. The topological polar surface area (TPSA) is 19.1 Å². The number of nitrogens with zero attached hydrogens (tertiary/aromatic N) is 2. The van der Waals surface area contributed by atoms with Crippen molar-refractivity contribution in [1.82, 2.24) is 9.13 Å². The molecule has 0 aliphatic rings. The summed E-state index contributed by atoms with van der Waals surface area (Å²) in [6.07, 6.45) is 2.09. The van der Waals surface area contributed by atoms with Gasteiger partial charge in [0.05, 0.1) is 7.11 Å². The molecule has 1 aromatic carbocycles. The van der Waals surface area contributed by atoms with Gasteiger partial charge in [-0.3, -0.25) is 4.57 Å². The van der Waals surface area contributed by atoms with Crippen molar-refractivity contribution in [2.45, 2.75) is 26.8 Å². The van der Waals surface area contributed by atoms with E-state index < -0.39 is 0 Å². The van der Waals surface area contributed by atoms with Gasteiger partial charge in [-0.1, -0.05) is 0 Å². The van der Waals surface area contributed by atoms with Crippen molar-refractivity contribution in [3.05, 3.63) is 40.9 Å². The SMILES string of the molecule is COc1ccc(-n2c(C)cn(C(C)C)c2=S)cc1. The molecule has 0 amide bonds. The van der Waals surface area contributed by atoms with Crippen LogP contribution in [0.1, 0.15) is 25.6 Å². The number of rotatable bonds is 3. The normalized spacial score (nSPS) is 10.9. The first-order chi connectivity index (χ1) is 8.54. The van der Waals surface area contributed by atoms with E-state index in [0.29, 0.717) is 6.04 Å². The van der Waals surface area contributed by atoms with E-state index in [2.05, 4.69) is 36.1 Å². The van der Waals surface area contributed by atoms with Crippen molar-refractivity contribution in [3.63, 3.8) is 0 Å². The van der Waals surface area contributed by atoms with Gasteiger partial charge in [0.1, 0.15) is 5.75 Å². The summed E-state index contributed by atoms with van der Waals surface area (Å²) < 4.78 is 10.2. The van der Waals surface area contributed by atoms with Crippen LogP contribution >= 0.6 is 12.2 Å². The highest BCUT2D eigenvalue weighted by atomic mass is 32.1. The molecule has 0 atom stereocenters. The van der Waals surface area contributed by atoms with Crippen LogP contribution < -0.4 is 4.74 Å². The third-order valence-electron chi connectivity index (χ3n) is 2.98. The Morgan fingerprint density at radius 2 is 1.78 bits per heavy atom. The fraction of sp³-hybridized carbons (Fsp3) is 0.357. The molecular formula is C14H18N2OS. The minimum absolute atomic E-state index is 0.371. The van der Waals surface area contributed by atoms with Crippen LogP contribution in [-0.4, -0.2) is 16.2 Å². The summed E-state index contributed by atoms with van der Waals surface area (Å²) in [5.41, 5.74) is 2.21. The molecule has 18 heavy (non-hydrogen) atoms. The lowest BCUT2D eigenvalue weighted by Crippen LogP contribution is -2.02. The summed E-state index contributed by atoms with van der Waals surface area (Å²) in [5.74, 6) is 0.853. The van der Waals surface area contributed by atoms with Crippen LogP contribution in [0.3, 0.4) is 0 Å². The molecule has 0 aliphatic heterocycles. The fourth-order valence-corrected chi connectivity index (χ4v) is 2.51. The van der Waals surface area contributed by atoms with Gasteiger partial charge in [-0.2, -0.15) is 0 Å². The van der Waals surface area contributed by atoms with Gasteiger partial charge in [-0.15, -0.1) is 0 Å². The van der Waals surface area contributed by atoms with Gasteiger partial charge in [0.25, 0.3) is 0 Å². The first-order valence-corrected chi connectivity index (χ1v) is 6.40. The summed E-state index contributed by atoms with van der Waals surface area (Å²) in [4.78, 5) is 0. The average molecular weight is 262 g/mol. The van der Waals surface area contributed by atoms with Crippen LogP contribution in [0.25, 0.3) is 5.69 Å². The molecule has 0 fully saturated rings. The maximum Gasteiger partial charge on any atom is 0.184 e. The predicted molar refractivity (Wildman–Crippen MR) is 76.3 cm³/mol. The highest BCUT2D eigenvalue weighted by molar-refractivity contribution is 7.71. The van der Waals surface area contributed by atoms with Crippen molar-refractivity contribution in [1.29, 1.82) is 0 Å². The number of hydrogen-bond acceptors (Lipinski definition) is 2. The number of imidazole rings is 1. The molecule has 1 aromatic heterocycles. The first kappa shape index (κ1) is 12.9. The zero-order valence-corrected chi connectivity index (χ0v) is 12.0. The lowest BCUT2D eigenvalue weighted by molar-refractivity contribution is 0.414. The smallest absolute Gasteiger partial charge is 0.184 e. The molecule has 0 saturated heterocycles. The Morgan fingerprint density at radius 1 is 1.17 bits per heavy atom. The van der Waals surface area contributed by atoms with E-state index in [0.717, 1.165) is 21.9 Å². The second-order valence-corrected chi connectivity index (χ2v) is 4.95. The number of ether oxygens (including phenoxy) is 1. The molecular weight excluding hydrogens is 244 g/mol. The molecule has 0 radical (unpaired) electrons. The molecule has 0 aliphatic carbocycles. The van der Waals surface area contributed by atoms with E-state index in [4.69, 9.17) is 17.0 Å². The lowest BCUT2D eigenvalue weighted by atomic mass is 10.3. The summed E-state index contributed by atoms with van der Waals surface area (Å²) in [6.45, 7) is 6.33. The van der Waals surface area contributed by atoms with E-state index in [1.165, 1.54) is 0 Å². The summed E-state index contributed by atoms with van der Waals surface area (Å²) in [5, 5.41) is 0. The quantitative estimate of drug-likeness (QED) is 0.781. The van der Waals surface area contributed by atoms with Crippen LogP contribution in [0.5, 0.6) is 5.75 Å². The van der Waals surface area contributed by atoms with Crippen molar-refractivity contribution in [2.24, 2.45) is 0 Å². The number of aromatic nitrogens is 2. The third kappa shape index (κ3) is 2.20.